The number of hydrogen-bond donors (Lipinski definition) is 4. The number of aliphatic carboxylic acids is 1. The lowest BCUT2D eigenvalue weighted by Crippen LogP contribution is -2.44. The summed E-state index contributed by atoms with van der Waals surface area (Å²) < 4.78 is 0. The number of fused-ring (bicyclic) bond motifs is 1. The zero-order valence-electron chi connectivity index (χ0n) is 19.8. The number of carboxylic acids is 1. The number of nitrogens with one attached hydrogen (secondary N) is 3. The van der Waals surface area contributed by atoms with E-state index in [1.165, 1.54) is 0 Å². The third kappa shape index (κ3) is 6.71. The van der Waals surface area contributed by atoms with E-state index in [2.05, 4.69) is 20.9 Å². The molecule has 1 atom stereocenters. The summed E-state index contributed by atoms with van der Waals surface area (Å²) >= 11 is 0. The number of hydrogen-bond acceptors (Lipinski definition) is 6. The first-order valence-electron chi connectivity index (χ1n) is 12.3. The molecule has 2 amide bonds. The second-order valence-electron chi connectivity index (χ2n) is 9.11. The van der Waals surface area contributed by atoms with Gasteiger partial charge in [-0.2, -0.15) is 0 Å². The van der Waals surface area contributed by atoms with Crippen molar-refractivity contribution in [2.45, 2.75) is 38.1 Å². The fraction of sp³-hybridized carbons (Fsp3) is 0.462. The first-order valence-corrected chi connectivity index (χ1v) is 12.3. The molecule has 0 aromatic heterocycles. The summed E-state index contributed by atoms with van der Waals surface area (Å²) in [7, 11) is 0. The maximum atomic E-state index is 13.0. The molecule has 9 heteroatoms. The number of aliphatic imine (C=N–C) groups is 1. The van der Waals surface area contributed by atoms with E-state index in [0.717, 1.165) is 41.8 Å². The largest absolute Gasteiger partial charge is 0.481 e. The molecule has 1 fully saturated rings. The zero-order valence-corrected chi connectivity index (χ0v) is 19.8. The molecule has 2 aliphatic heterocycles. The van der Waals surface area contributed by atoms with Gasteiger partial charge in [-0.1, -0.05) is 36.4 Å². The van der Waals surface area contributed by atoms with Gasteiger partial charge in [-0.3, -0.25) is 19.4 Å². The Morgan fingerprint density at radius 3 is 2.60 bits per heavy atom. The fourth-order valence-corrected chi connectivity index (χ4v) is 4.65. The molecule has 1 saturated heterocycles. The molecule has 0 bridgehead atoms. The van der Waals surface area contributed by atoms with Crippen molar-refractivity contribution in [2.24, 2.45) is 10.9 Å². The minimum Gasteiger partial charge on any atom is -0.481 e. The van der Waals surface area contributed by atoms with Crippen molar-refractivity contribution in [3.05, 3.63) is 48.0 Å². The Kier molecular flexibility index (Phi) is 8.18. The number of rotatable bonds is 9. The third-order valence-corrected chi connectivity index (χ3v) is 6.62. The molecule has 186 valence electrons. The lowest BCUT2D eigenvalue weighted by molar-refractivity contribution is -0.139. The number of likely N-dealkylation sites (tertiary alicyclic amines) is 1. The van der Waals surface area contributed by atoms with Crippen molar-refractivity contribution in [3.8, 4) is 0 Å². The van der Waals surface area contributed by atoms with Gasteiger partial charge in [0.2, 0.25) is 11.8 Å². The Morgan fingerprint density at radius 1 is 1.11 bits per heavy atom. The van der Waals surface area contributed by atoms with Gasteiger partial charge >= 0.3 is 5.97 Å². The molecule has 35 heavy (non-hydrogen) atoms. The van der Waals surface area contributed by atoms with E-state index in [9.17, 15) is 19.5 Å². The standard InChI is InChI=1S/C26H33N5O4/c32-23(6-3-11-27-26-28-12-13-29-26)31-14-9-19(10-15-31)25(35)30-22(17-24(33)34)21-8-7-18-4-1-2-5-20(18)16-21/h1-2,4-5,7-8,16,19,22H,3,6,9-15,17H2,(H,30,35)(H,33,34)(H2,27,28,29). The first kappa shape index (κ1) is 24.5. The van der Waals surface area contributed by atoms with Gasteiger partial charge in [0.1, 0.15) is 0 Å². The number of guanidine groups is 1. The maximum absolute atomic E-state index is 13.0. The van der Waals surface area contributed by atoms with Crippen molar-refractivity contribution in [1.29, 1.82) is 0 Å². The monoisotopic (exact) mass is 479 g/mol. The molecule has 0 radical (unpaired) electrons. The second-order valence-corrected chi connectivity index (χ2v) is 9.11. The normalized spacial score (nSPS) is 16.9. The predicted molar refractivity (Wildman–Crippen MR) is 134 cm³/mol. The summed E-state index contributed by atoms with van der Waals surface area (Å²) in [5, 5.41) is 20.8. The van der Waals surface area contributed by atoms with E-state index in [4.69, 9.17) is 0 Å². The number of piperidine rings is 1. The number of carboxylic acid groups (broad SMARTS) is 1. The maximum Gasteiger partial charge on any atom is 0.305 e. The van der Waals surface area contributed by atoms with Crippen molar-refractivity contribution < 1.29 is 19.5 Å². The summed E-state index contributed by atoms with van der Waals surface area (Å²) in [4.78, 5) is 43.1. The molecule has 0 aliphatic carbocycles. The van der Waals surface area contributed by atoms with Crippen molar-refractivity contribution >= 4 is 34.5 Å². The molecule has 0 spiro atoms. The highest BCUT2D eigenvalue weighted by Crippen LogP contribution is 2.25. The summed E-state index contributed by atoms with van der Waals surface area (Å²) in [6, 6.07) is 13.0. The van der Waals surface area contributed by atoms with E-state index in [1.807, 2.05) is 47.4 Å². The van der Waals surface area contributed by atoms with Crippen LogP contribution in [0.3, 0.4) is 0 Å². The number of benzene rings is 2. The highest BCUT2D eigenvalue weighted by molar-refractivity contribution is 5.85. The molecular formula is C26H33N5O4. The van der Waals surface area contributed by atoms with Gasteiger partial charge in [0, 0.05) is 38.5 Å². The molecule has 4 N–H and O–H groups in total. The SMILES string of the molecule is O=C(O)CC(NC(=O)C1CCN(C(=O)CCCNC2=NCCN2)CC1)c1ccc2ccccc2c1. The molecule has 9 nitrogen and oxygen atoms in total. The molecular weight excluding hydrogens is 446 g/mol. The Morgan fingerprint density at radius 2 is 1.89 bits per heavy atom. The topological polar surface area (TPSA) is 123 Å². The Balaban J connectivity index is 1.26. The number of carbonyl (C=O) groups is 3. The van der Waals surface area contributed by atoms with Crippen LogP contribution in [0.2, 0.25) is 0 Å². The minimum atomic E-state index is -0.964. The van der Waals surface area contributed by atoms with Crippen LogP contribution in [0.25, 0.3) is 10.8 Å². The highest BCUT2D eigenvalue weighted by Gasteiger charge is 2.29. The number of nitrogens with zero attached hydrogens (tertiary/aromatic N) is 2. The quantitative estimate of drug-likeness (QED) is 0.408. The van der Waals surface area contributed by atoms with Gasteiger partial charge in [-0.25, -0.2) is 0 Å². The minimum absolute atomic E-state index is 0.104. The summed E-state index contributed by atoms with van der Waals surface area (Å²) in [6.45, 7) is 3.40. The zero-order chi connectivity index (χ0) is 24.6. The van der Waals surface area contributed by atoms with Gasteiger partial charge < -0.3 is 26.0 Å². The number of amides is 2. The van der Waals surface area contributed by atoms with Gasteiger partial charge in [-0.15, -0.1) is 0 Å². The van der Waals surface area contributed by atoms with E-state index in [-0.39, 0.29) is 24.2 Å². The first-order chi connectivity index (χ1) is 17.0. The Hall–Kier alpha value is -3.62. The summed E-state index contributed by atoms with van der Waals surface area (Å²) in [6.07, 6.45) is 2.15. The van der Waals surface area contributed by atoms with Crippen LogP contribution in [0.5, 0.6) is 0 Å². The van der Waals surface area contributed by atoms with Crippen LogP contribution in [0.1, 0.15) is 43.7 Å². The third-order valence-electron chi connectivity index (χ3n) is 6.62. The van der Waals surface area contributed by atoms with Crippen LogP contribution in [0, 0.1) is 5.92 Å². The molecule has 2 heterocycles. The lowest BCUT2D eigenvalue weighted by atomic mass is 9.94. The lowest BCUT2D eigenvalue weighted by Gasteiger charge is -2.32. The van der Waals surface area contributed by atoms with Gasteiger partial charge in [0.15, 0.2) is 5.96 Å². The number of carbonyl (C=O) groups excluding carboxylic acids is 2. The summed E-state index contributed by atoms with van der Waals surface area (Å²) in [5.41, 5.74) is 0.777. The van der Waals surface area contributed by atoms with Crippen LogP contribution in [0.4, 0.5) is 0 Å². The van der Waals surface area contributed by atoms with Gasteiger partial charge in [-0.05, 0) is 41.7 Å². The van der Waals surface area contributed by atoms with Crippen LogP contribution in [-0.4, -0.2) is 66.5 Å². The second kappa shape index (κ2) is 11.7. The molecule has 0 saturated carbocycles. The Bertz CT molecular complexity index is 1090. The smallest absolute Gasteiger partial charge is 0.305 e. The fourth-order valence-electron chi connectivity index (χ4n) is 4.65. The van der Waals surface area contributed by atoms with Crippen molar-refractivity contribution in [1.82, 2.24) is 20.9 Å². The van der Waals surface area contributed by atoms with Crippen LogP contribution >= 0.6 is 0 Å². The van der Waals surface area contributed by atoms with E-state index < -0.39 is 12.0 Å². The Labute approximate surface area is 205 Å². The van der Waals surface area contributed by atoms with Crippen LogP contribution in [0.15, 0.2) is 47.5 Å². The summed E-state index contributed by atoms with van der Waals surface area (Å²) in [5.74, 6) is -0.440. The molecule has 2 aliphatic rings. The predicted octanol–water partition coefficient (Wildman–Crippen LogP) is 2.04. The van der Waals surface area contributed by atoms with Gasteiger partial charge in [0.25, 0.3) is 0 Å². The van der Waals surface area contributed by atoms with E-state index >= 15 is 0 Å². The van der Waals surface area contributed by atoms with E-state index in [0.29, 0.717) is 38.9 Å². The van der Waals surface area contributed by atoms with Crippen LogP contribution in [-0.2, 0) is 14.4 Å². The highest BCUT2D eigenvalue weighted by atomic mass is 16.4. The molecule has 1 unspecified atom stereocenters. The average molecular weight is 480 g/mol. The molecule has 4 rings (SSSR count). The van der Waals surface area contributed by atoms with Crippen LogP contribution < -0.4 is 16.0 Å². The van der Waals surface area contributed by atoms with E-state index in [1.54, 1.807) is 0 Å². The molecule has 2 aromatic carbocycles. The van der Waals surface area contributed by atoms with Crippen molar-refractivity contribution in [2.75, 3.05) is 32.7 Å². The molecule has 2 aromatic rings. The average Bonchev–Trinajstić information content (AvgIpc) is 3.39. The van der Waals surface area contributed by atoms with Gasteiger partial charge in [0.05, 0.1) is 19.0 Å². The van der Waals surface area contributed by atoms with Crippen molar-refractivity contribution in [3.63, 3.8) is 0 Å².